The van der Waals surface area contributed by atoms with Gasteiger partial charge in [-0.2, -0.15) is 0 Å². The third-order valence-corrected chi connectivity index (χ3v) is 5.27. The molecular formula is C17H27N3O2S. The van der Waals surface area contributed by atoms with E-state index in [1.165, 1.54) is 11.3 Å². The zero-order valence-electron chi connectivity index (χ0n) is 14.4. The van der Waals surface area contributed by atoms with Gasteiger partial charge in [-0.15, -0.1) is 11.3 Å². The van der Waals surface area contributed by atoms with Crippen LogP contribution in [-0.4, -0.2) is 59.9 Å². The topological polar surface area (TPSA) is 52.6 Å². The Morgan fingerprint density at radius 1 is 1.39 bits per heavy atom. The number of likely N-dealkylation sites (N-methyl/N-ethyl adjacent to an activating group) is 1. The van der Waals surface area contributed by atoms with Crippen LogP contribution in [0.3, 0.4) is 0 Å². The molecule has 0 spiro atoms. The average molecular weight is 337 g/mol. The number of thiophene rings is 1. The molecule has 1 aliphatic heterocycles. The molecule has 128 valence electrons. The maximum absolute atomic E-state index is 12.9. The van der Waals surface area contributed by atoms with Gasteiger partial charge < -0.3 is 10.2 Å². The van der Waals surface area contributed by atoms with Crippen molar-refractivity contribution in [2.24, 2.45) is 5.92 Å². The first-order chi connectivity index (χ1) is 10.9. The summed E-state index contributed by atoms with van der Waals surface area (Å²) < 4.78 is 0. The van der Waals surface area contributed by atoms with Crippen LogP contribution in [0.15, 0.2) is 17.5 Å². The largest absolute Gasteiger partial charge is 0.339 e. The monoisotopic (exact) mass is 337 g/mol. The second-order valence-corrected chi connectivity index (χ2v) is 7.39. The Kier molecular flexibility index (Phi) is 6.18. The Bertz CT molecular complexity index is 530. The molecule has 2 amide bonds. The Balaban J connectivity index is 2.05. The van der Waals surface area contributed by atoms with Crippen LogP contribution in [-0.2, 0) is 4.79 Å². The van der Waals surface area contributed by atoms with Crippen LogP contribution in [0.5, 0.6) is 0 Å². The first-order valence-corrected chi connectivity index (χ1v) is 9.19. The molecule has 0 aromatic carbocycles. The van der Waals surface area contributed by atoms with E-state index in [9.17, 15) is 9.59 Å². The van der Waals surface area contributed by atoms with Crippen molar-refractivity contribution in [1.29, 1.82) is 0 Å². The van der Waals surface area contributed by atoms with Crippen LogP contribution in [0.4, 0.5) is 0 Å². The Hall–Kier alpha value is -1.40. The molecule has 2 unspecified atom stereocenters. The fraction of sp³-hybridized carbons (Fsp3) is 0.647. The second kappa shape index (κ2) is 7.93. The maximum atomic E-state index is 12.9. The SMILES string of the molecule is CCN1CCN(C(=O)C(NC(=O)c2cccs2)C(C)C)C(C)C1. The number of carbonyl (C=O) groups excluding carboxylic acids is 2. The lowest BCUT2D eigenvalue weighted by Crippen LogP contribution is -2.59. The highest BCUT2D eigenvalue weighted by molar-refractivity contribution is 7.12. The molecule has 0 bridgehead atoms. The van der Waals surface area contributed by atoms with Gasteiger partial charge in [0.15, 0.2) is 0 Å². The molecule has 0 aliphatic carbocycles. The van der Waals surface area contributed by atoms with Gasteiger partial charge in [-0.3, -0.25) is 14.5 Å². The van der Waals surface area contributed by atoms with Gasteiger partial charge in [0.2, 0.25) is 5.91 Å². The van der Waals surface area contributed by atoms with Crippen molar-refractivity contribution in [3.05, 3.63) is 22.4 Å². The van der Waals surface area contributed by atoms with E-state index in [0.29, 0.717) is 4.88 Å². The Morgan fingerprint density at radius 2 is 2.13 bits per heavy atom. The third-order valence-electron chi connectivity index (χ3n) is 4.41. The summed E-state index contributed by atoms with van der Waals surface area (Å²) in [5, 5.41) is 4.80. The van der Waals surface area contributed by atoms with Crippen LogP contribution >= 0.6 is 11.3 Å². The van der Waals surface area contributed by atoms with Gasteiger partial charge in [0.05, 0.1) is 4.88 Å². The third kappa shape index (κ3) is 4.32. The Labute approximate surface area is 142 Å². The standard InChI is InChI=1S/C17H27N3O2S/c1-5-19-8-9-20(13(4)11-19)17(22)15(12(2)3)18-16(21)14-7-6-10-23-14/h6-7,10,12-13,15H,5,8-9,11H2,1-4H3,(H,18,21). The molecule has 0 saturated carbocycles. The molecule has 1 fully saturated rings. The second-order valence-electron chi connectivity index (χ2n) is 6.45. The zero-order chi connectivity index (χ0) is 17.0. The normalized spacial score (nSPS) is 20.6. The molecule has 1 aliphatic rings. The maximum Gasteiger partial charge on any atom is 0.262 e. The van der Waals surface area contributed by atoms with Gasteiger partial charge in [-0.05, 0) is 30.8 Å². The van der Waals surface area contributed by atoms with E-state index in [4.69, 9.17) is 0 Å². The summed E-state index contributed by atoms with van der Waals surface area (Å²) in [6.45, 7) is 11.7. The van der Waals surface area contributed by atoms with Crippen molar-refractivity contribution in [2.45, 2.75) is 39.8 Å². The minimum atomic E-state index is -0.472. The molecule has 5 nitrogen and oxygen atoms in total. The summed E-state index contributed by atoms with van der Waals surface area (Å²) >= 11 is 1.39. The minimum absolute atomic E-state index is 0.0353. The van der Waals surface area contributed by atoms with Crippen molar-refractivity contribution < 1.29 is 9.59 Å². The van der Waals surface area contributed by atoms with E-state index < -0.39 is 6.04 Å². The Morgan fingerprint density at radius 3 is 2.65 bits per heavy atom. The number of carbonyl (C=O) groups is 2. The van der Waals surface area contributed by atoms with Crippen molar-refractivity contribution in [1.82, 2.24) is 15.1 Å². The highest BCUT2D eigenvalue weighted by Crippen LogP contribution is 2.16. The molecule has 1 aromatic rings. The number of nitrogens with one attached hydrogen (secondary N) is 1. The van der Waals surface area contributed by atoms with Crippen molar-refractivity contribution in [2.75, 3.05) is 26.2 Å². The first kappa shape index (κ1) is 17.9. The van der Waals surface area contributed by atoms with Gasteiger partial charge in [-0.25, -0.2) is 0 Å². The van der Waals surface area contributed by atoms with E-state index in [2.05, 4.69) is 24.1 Å². The number of rotatable bonds is 5. The molecule has 2 rings (SSSR count). The molecule has 1 aromatic heterocycles. The van der Waals surface area contributed by atoms with E-state index in [1.807, 2.05) is 30.2 Å². The summed E-state index contributed by atoms with van der Waals surface area (Å²) in [5.41, 5.74) is 0. The minimum Gasteiger partial charge on any atom is -0.339 e. The summed E-state index contributed by atoms with van der Waals surface area (Å²) in [6.07, 6.45) is 0. The number of nitrogens with zero attached hydrogens (tertiary/aromatic N) is 2. The summed E-state index contributed by atoms with van der Waals surface area (Å²) in [6, 6.07) is 3.33. The summed E-state index contributed by atoms with van der Waals surface area (Å²) in [4.78, 5) is 30.2. The molecule has 23 heavy (non-hydrogen) atoms. The summed E-state index contributed by atoms with van der Waals surface area (Å²) in [5.74, 6) is -0.0668. The molecule has 6 heteroatoms. The van der Waals surface area contributed by atoms with E-state index in [0.717, 1.165) is 26.2 Å². The van der Waals surface area contributed by atoms with Crippen molar-refractivity contribution in [3.63, 3.8) is 0 Å². The van der Waals surface area contributed by atoms with Gasteiger partial charge in [0, 0.05) is 25.7 Å². The number of piperazine rings is 1. The quantitative estimate of drug-likeness (QED) is 0.895. The molecular weight excluding hydrogens is 310 g/mol. The van der Waals surface area contributed by atoms with Crippen molar-refractivity contribution >= 4 is 23.2 Å². The van der Waals surface area contributed by atoms with Gasteiger partial charge >= 0.3 is 0 Å². The van der Waals surface area contributed by atoms with Crippen LogP contribution in [0.1, 0.15) is 37.4 Å². The molecule has 2 atom stereocenters. The van der Waals surface area contributed by atoms with E-state index in [-0.39, 0.29) is 23.8 Å². The predicted molar refractivity (Wildman–Crippen MR) is 93.7 cm³/mol. The van der Waals surface area contributed by atoms with Gasteiger partial charge in [0.25, 0.3) is 5.91 Å². The van der Waals surface area contributed by atoms with Crippen LogP contribution in [0.25, 0.3) is 0 Å². The lowest BCUT2D eigenvalue weighted by Gasteiger charge is -2.41. The number of hydrogen-bond donors (Lipinski definition) is 1. The highest BCUT2D eigenvalue weighted by atomic mass is 32.1. The first-order valence-electron chi connectivity index (χ1n) is 8.31. The predicted octanol–water partition coefficient (Wildman–Crippen LogP) is 2.06. The number of amides is 2. The van der Waals surface area contributed by atoms with E-state index >= 15 is 0 Å². The van der Waals surface area contributed by atoms with Crippen LogP contribution < -0.4 is 5.32 Å². The van der Waals surface area contributed by atoms with E-state index in [1.54, 1.807) is 6.07 Å². The smallest absolute Gasteiger partial charge is 0.262 e. The van der Waals surface area contributed by atoms with Crippen LogP contribution in [0.2, 0.25) is 0 Å². The lowest BCUT2D eigenvalue weighted by molar-refractivity contribution is -0.138. The lowest BCUT2D eigenvalue weighted by atomic mass is 10.0. The average Bonchev–Trinajstić information content (AvgIpc) is 3.05. The molecule has 1 saturated heterocycles. The fourth-order valence-electron chi connectivity index (χ4n) is 2.96. The van der Waals surface area contributed by atoms with Crippen LogP contribution in [0, 0.1) is 5.92 Å². The highest BCUT2D eigenvalue weighted by Gasteiger charge is 2.33. The zero-order valence-corrected chi connectivity index (χ0v) is 15.2. The molecule has 0 radical (unpaired) electrons. The van der Waals surface area contributed by atoms with Gasteiger partial charge in [0.1, 0.15) is 6.04 Å². The molecule has 1 N–H and O–H groups in total. The number of hydrogen-bond acceptors (Lipinski definition) is 4. The van der Waals surface area contributed by atoms with Crippen molar-refractivity contribution in [3.8, 4) is 0 Å². The van der Waals surface area contributed by atoms with Gasteiger partial charge in [-0.1, -0.05) is 26.8 Å². The molecule has 2 heterocycles. The fourth-order valence-corrected chi connectivity index (χ4v) is 3.59. The summed E-state index contributed by atoms with van der Waals surface area (Å²) in [7, 11) is 0.